The van der Waals surface area contributed by atoms with Crippen LogP contribution in [0.15, 0.2) is 12.2 Å². The van der Waals surface area contributed by atoms with Crippen LogP contribution >= 0.6 is 0 Å². The number of rotatable bonds is 1. The van der Waals surface area contributed by atoms with Gasteiger partial charge in [-0.3, -0.25) is 0 Å². The molecule has 0 radical (unpaired) electrons. The zero-order valence-corrected chi connectivity index (χ0v) is 6.16. The Hall–Kier alpha value is -0.300. The van der Waals surface area contributed by atoms with Crippen LogP contribution in [0.25, 0.3) is 0 Å². The van der Waals surface area contributed by atoms with Crippen molar-refractivity contribution in [3.05, 3.63) is 12.2 Å². The number of aliphatic hydroxyl groups is 1. The normalized spacial score (nSPS) is 44.3. The third-order valence-electron chi connectivity index (χ3n) is 2.95. The lowest BCUT2D eigenvalue weighted by Crippen LogP contribution is -2.29. The summed E-state index contributed by atoms with van der Waals surface area (Å²) in [6.07, 6.45) is 8.54. The Kier molecular flexibility index (Phi) is 1.53. The van der Waals surface area contributed by atoms with E-state index in [0.29, 0.717) is 18.4 Å². The fourth-order valence-electron chi connectivity index (χ4n) is 2.26. The molecule has 0 unspecified atom stereocenters. The lowest BCUT2D eigenvalue weighted by atomic mass is 9.69. The molecule has 3 aliphatic rings. The Morgan fingerprint density at radius 1 is 1.30 bits per heavy atom. The highest BCUT2D eigenvalue weighted by molar-refractivity contribution is 5.05. The molecule has 56 valence electrons. The monoisotopic (exact) mass is 138 g/mol. The summed E-state index contributed by atoms with van der Waals surface area (Å²) < 4.78 is 0. The largest absolute Gasteiger partial charge is 0.396 e. The van der Waals surface area contributed by atoms with Gasteiger partial charge < -0.3 is 5.11 Å². The lowest BCUT2D eigenvalue weighted by Gasteiger charge is -2.36. The first-order valence-corrected chi connectivity index (χ1v) is 4.19. The van der Waals surface area contributed by atoms with E-state index in [4.69, 9.17) is 5.11 Å². The predicted octanol–water partition coefficient (Wildman–Crippen LogP) is 1.58. The molecule has 3 aliphatic carbocycles. The summed E-state index contributed by atoms with van der Waals surface area (Å²) in [5.74, 6) is 2.08. The van der Waals surface area contributed by atoms with Crippen molar-refractivity contribution in [2.45, 2.75) is 19.3 Å². The Morgan fingerprint density at radius 3 is 2.50 bits per heavy atom. The van der Waals surface area contributed by atoms with Crippen LogP contribution < -0.4 is 0 Å². The molecule has 0 saturated heterocycles. The van der Waals surface area contributed by atoms with Crippen molar-refractivity contribution in [1.82, 2.24) is 0 Å². The zero-order chi connectivity index (χ0) is 6.97. The molecule has 0 spiro atoms. The fourth-order valence-corrected chi connectivity index (χ4v) is 2.26. The Labute approximate surface area is 61.8 Å². The van der Waals surface area contributed by atoms with Crippen molar-refractivity contribution in [3.63, 3.8) is 0 Å². The van der Waals surface area contributed by atoms with Crippen molar-refractivity contribution in [2.24, 2.45) is 17.8 Å². The van der Waals surface area contributed by atoms with Crippen molar-refractivity contribution >= 4 is 0 Å². The molecule has 1 fully saturated rings. The molecule has 0 aromatic heterocycles. The maximum Gasteiger partial charge on any atom is 0.0465 e. The van der Waals surface area contributed by atoms with Gasteiger partial charge in [-0.2, -0.15) is 0 Å². The average Bonchev–Trinajstić information content (AvgIpc) is 2.06. The number of hydrogen-bond acceptors (Lipinski definition) is 1. The van der Waals surface area contributed by atoms with Crippen LogP contribution in [0.2, 0.25) is 0 Å². The minimum atomic E-state index is 0.394. The summed E-state index contributed by atoms with van der Waals surface area (Å²) in [5.41, 5.74) is 0. The zero-order valence-electron chi connectivity index (χ0n) is 6.16. The third kappa shape index (κ3) is 0.891. The van der Waals surface area contributed by atoms with E-state index < -0.39 is 0 Å². The molecular formula is C9H14O. The SMILES string of the molecule is OC[C@@H]1C[C@@H]2C=C[C@H]1CC2. The number of allylic oxidation sites excluding steroid dienone is 2. The van der Waals surface area contributed by atoms with Crippen molar-refractivity contribution in [2.75, 3.05) is 6.61 Å². The molecular weight excluding hydrogens is 124 g/mol. The van der Waals surface area contributed by atoms with Crippen LogP contribution in [0.4, 0.5) is 0 Å². The minimum absolute atomic E-state index is 0.394. The number of fused-ring (bicyclic) bond motifs is 2. The maximum atomic E-state index is 8.98. The molecule has 2 bridgehead atoms. The first-order chi connectivity index (χ1) is 4.90. The summed E-state index contributed by atoms with van der Waals surface area (Å²) >= 11 is 0. The second-order valence-electron chi connectivity index (χ2n) is 3.56. The average molecular weight is 138 g/mol. The van der Waals surface area contributed by atoms with Gasteiger partial charge in [-0.1, -0.05) is 12.2 Å². The van der Waals surface area contributed by atoms with Gasteiger partial charge in [0.2, 0.25) is 0 Å². The predicted molar refractivity (Wildman–Crippen MR) is 40.5 cm³/mol. The highest BCUT2D eigenvalue weighted by Gasteiger charge is 2.30. The highest BCUT2D eigenvalue weighted by Crippen LogP contribution is 2.39. The molecule has 3 atom stereocenters. The third-order valence-corrected chi connectivity index (χ3v) is 2.95. The molecule has 0 aliphatic heterocycles. The topological polar surface area (TPSA) is 20.2 Å². The Bertz CT molecular complexity index is 151. The van der Waals surface area contributed by atoms with Gasteiger partial charge in [0.25, 0.3) is 0 Å². The fraction of sp³-hybridized carbons (Fsp3) is 0.778. The second-order valence-corrected chi connectivity index (χ2v) is 3.56. The van der Waals surface area contributed by atoms with Crippen molar-refractivity contribution in [3.8, 4) is 0 Å². The van der Waals surface area contributed by atoms with Crippen LogP contribution in [0.3, 0.4) is 0 Å². The van der Waals surface area contributed by atoms with Crippen LogP contribution in [0.1, 0.15) is 19.3 Å². The number of aliphatic hydroxyl groups excluding tert-OH is 1. The molecule has 0 amide bonds. The van der Waals surface area contributed by atoms with E-state index in [2.05, 4.69) is 12.2 Å². The molecule has 0 aromatic rings. The molecule has 10 heavy (non-hydrogen) atoms. The van der Waals surface area contributed by atoms with Crippen LogP contribution in [-0.4, -0.2) is 11.7 Å². The smallest absolute Gasteiger partial charge is 0.0465 e. The second kappa shape index (κ2) is 2.39. The van der Waals surface area contributed by atoms with Crippen LogP contribution in [0, 0.1) is 17.8 Å². The molecule has 3 rings (SSSR count). The Balaban J connectivity index is 2.11. The standard InChI is InChI=1S/C9H14O/c10-6-9-5-7-1-3-8(9)4-2-7/h1,3,7-10H,2,4-6H2/t7-,8+,9+/m1/s1. The first-order valence-electron chi connectivity index (χ1n) is 4.19. The van der Waals surface area contributed by atoms with Crippen LogP contribution in [0.5, 0.6) is 0 Å². The lowest BCUT2D eigenvalue weighted by molar-refractivity contribution is 0.129. The highest BCUT2D eigenvalue weighted by atomic mass is 16.3. The van der Waals surface area contributed by atoms with Gasteiger partial charge in [0.05, 0.1) is 0 Å². The maximum absolute atomic E-state index is 8.98. The van der Waals surface area contributed by atoms with E-state index >= 15 is 0 Å². The van der Waals surface area contributed by atoms with Crippen molar-refractivity contribution < 1.29 is 5.11 Å². The molecule has 1 nitrogen and oxygen atoms in total. The van der Waals surface area contributed by atoms with Gasteiger partial charge in [-0.15, -0.1) is 0 Å². The van der Waals surface area contributed by atoms with E-state index in [9.17, 15) is 0 Å². The van der Waals surface area contributed by atoms with Crippen LogP contribution in [-0.2, 0) is 0 Å². The van der Waals surface area contributed by atoms with Gasteiger partial charge >= 0.3 is 0 Å². The van der Waals surface area contributed by atoms with Gasteiger partial charge in [0, 0.05) is 6.61 Å². The summed E-state index contributed by atoms with van der Waals surface area (Å²) in [7, 11) is 0. The summed E-state index contributed by atoms with van der Waals surface area (Å²) in [6.45, 7) is 0.394. The van der Waals surface area contributed by atoms with Crippen molar-refractivity contribution in [1.29, 1.82) is 0 Å². The minimum Gasteiger partial charge on any atom is -0.396 e. The molecule has 1 saturated carbocycles. The Morgan fingerprint density at radius 2 is 2.20 bits per heavy atom. The van der Waals surface area contributed by atoms with E-state index in [1.165, 1.54) is 19.3 Å². The van der Waals surface area contributed by atoms with E-state index in [-0.39, 0.29) is 0 Å². The molecule has 0 aromatic carbocycles. The summed E-state index contributed by atoms with van der Waals surface area (Å²) in [5, 5.41) is 8.98. The van der Waals surface area contributed by atoms with Gasteiger partial charge in [-0.05, 0) is 37.0 Å². The molecule has 1 N–H and O–H groups in total. The van der Waals surface area contributed by atoms with Gasteiger partial charge in [-0.25, -0.2) is 0 Å². The summed E-state index contributed by atoms with van der Waals surface area (Å²) in [6, 6.07) is 0. The van der Waals surface area contributed by atoms with E-state index in [1.807, 2.05) is 0 Å². The quantitative estimate of drug-likeness (QED) is 0.545. The van der Waals surface area contributed by atoms with E-state index in [1.54, 1.807) is 0 Å². The van der Waals surface area contributed by atoms with Gasteiger partial charge in [0.1, 0.15) is 0 Å². The number of hydrogen-bond donors (Lipinski definition) is 1. The molecule has 1 heteroatoms. The van der Waals surface area contributed by atoms with Gasteiger partial charge in [0.15, 0.2) is 0 Å². The first kappa shape index (κ1) is 6.41. The molecule has 0 heterocycles. The summed E-state index contributed by atoms with van der Waals surface area (Å²) in [4.78, 5) is 0. The van der Waals surface area contributed by atoms with E-state index in [0.717, 1.165) is 5.92 Å².